The lowest BCUT2D eigenvalue weighted by Gasteiger charge is -2.30. The van der Waals surface area contributed by atoms with Gasteiger partial charge in [0.1, 0.15) is 0 Å². The summed E-state index contributed by atoms with van der Waals surface area (Å²) >= 11 is 0. The largest absolute Gasteiger partial charge is 0.335 e. The van der Waals surface area contributed by atoms with Gasteiger partial charge in [0.25, 0.3) is 0 Å². The second kappa shape index (κ2) is 3.64. The highest BCUT2D eigenvalue weighted by atomic mass is 16.2. The number of carbonyl (C=O) groups excluding carboxylic acids is 1. The highest BCUT2D eigenvalue weighted by Gasteiger charge is 2.53. The maximum absolute atomic E-state index is 11.7. The lowest BCUT2D eigenvalue weighted by Crippen LogP contribution is -2.45. The average Bonchev–Trinajstić information content (AvgIpc) is 2.88. The predicted octanol–water partition coefficient (Wildman–Crippen LogP) is 2.08. The van der Waals surface area contributed by atoms with Gasteiger partial charge in [0.2, 0.25) is 0 Å². The van der Waals surface area contributed by atoms with Crippen molar-refractivity contribution < 1.29 is 4.79 Å². The van der Waals surface area contributed by atoms with E-state index in [2.05, 4.69) is 5.32 Å². The summed E-state index contributed by atoms with van der Waals surface area (Å²) in [5.74, 6) is 3.66. The van der Waals surface area contributed by atoms with E-state index in [1.165, 1.54) is 32.1 Å². The first kappa shape index (κ1) is 10.4. The first-order valence-corrected chi connectivity index (χ1v) is 6.64. The fraction of sp³-hybridized carbons (Fsp3) is 0.923. The van der Waals surface area contributed by atoms with Gasteiger partial charge in [0, 0.05) is 20.1 Å². The first-order chi connectivity index (χ1) is 7.66. The standard InChI is InChI=1S/C13H22N2O/c1-15(2)13(16)14-11-6-5-10-8-3-4-9(7-8)12(10)11/h8-12H,3-7H2,1-2H3,(H,14,16)/t8-,9+,10+,11+,12+/m0/s1. The van der Waals surface area contributed by atoms with E-state index in [1.807, 2.05) is 14.1 Å². The van der Waals surface area contributed by atoms with Crippen LogP contribution in [0.15, 0.2) is 0 Å². The Bertz CT molecular complexity index is 302. The van der Waals surface area contributed by atoms with E-state index in [9.17, 15) is 4.79 Å². The van der Waals surface area contributed by atoms with Crippen LogP contribution in [-0.2, 0) is 0 Å². The van der Waals surface area contributed by atoms with Gasteiger partial charge in [0.15, 0.2) is 0 Å². The Kier molecular flexibility index (Phi) is 2.37. The minimum absolute atomic E-state index is 0.0911. The van der Waals surface area contributed by atoms with Crippen LogP contribution in [0.5, 0.6) is 0 Å². The molecule has 16 heavy (non-hydrogen) atoms. The molecule has 0 aromatic carbocycles. The summed E-state index contributed by atoms with van der Waals surface area (Å²) < 4.78 is 0. The highest BCUT2D eigenvalue weighted by molar-refractivity contribution is 5.73. The quantitative estimate of drug-likeness (QED) is 0.724. The molecule has 0 aromatic rings. The van der Waals surface area contributed by atoms with Gasteiger partial charge in [-0.1, -0.05) is 0 Å². The molecule has 0 heterocycles. The Morgan fingerprint density at radius 3 is 2.62 bits per heavy atom. The number of nitrogens with zero attached hydrogens (tertiary/aromatic N) is 1. The monoisotopic (exact) mass is 222 g/mol. The summed E-state index contributed by atoms with van der Waals surface area (Å²) in [5.41, 5.74) is 0. The normalized spacial score (nSPS) is 44.5. The van der Waals surface area contributed by atoms with Crippen LogP contribution in [0.4, 0.5) is 4.79 Å². The Morgan fingerprint density at radius 1 is 1.12 bits per heavy atom. The summed E-state index contributed by atoms with van der Waals surface area (Å²) in [6.45, 7) is 0. The molecule has 0 unspecified atom stereocenters. The molecular formula is C13H22N2O. The molecule has 3 rings (SSSR count). The van der Waals surface area contributed by atoms with Crippen molar-refractivity contribution in [1.29, 1.82) is 0 Å². The molecule has 2 bridgehead atoms. The van der Waals surface area contributed by atoms with E-state index < -0.39 is 0 Å². The van der Waals surface area contributed by atoms with Gasteiger partial charge in [0.05, 0.1) is 0 Å². The molecular weight excluding hydrogens is 200 g/mol. The smallest absolute Gasteiger partial charge is 0.317 e. The van der Waals surface area contributed by atoms with Crippen LogP contribution in [0.25, 0.3) is 0 Å². The van der Waals surface area contributed by atoms with Crippen LogP contribution in [0.3, 0.4) is 0 Å². The molecule has 1 N–H and O–H groups in total. The van der Waals surface area contributed by atoms with Crippen molar-refractivity contribution in [1.82, 2.24) is 10.2 Å². The molecule has 2 amide bonds. The van der Waals surface area contributed by atoms with Crippen LogP contribution < -0.4 is 5.32 Å². The topological polar surface area (TPSA) is 32.3 Å². The molecule has 0 aliphatic heterocycles. The van der Waals surface area contributed by atoms with Gasteiger partial charge in [-0.05, 0) is 55.8 Å². The second-order valence-corrected chi connectivity index (χ2v) is 6.10. The SMILES string of the molecule is CN(C)C(=O)N[C@@H]1CC[C@@H]2[C@H]3CC[C@H](C3)[C@H]21. The molecule has 3 aliphatic rings. The van der Waals surface area contributed by atoms with Gasteiger partial charge in [-0.3, -0.25) is 0 Å². The van der Waals surface area contributed by atoms with Crippen LogP contribution >= 0.6 is 0 Å². The van der Waals surface area contributed by atoms with Crippen LogP contribution in [0, 0.1) is 23.7 Å². The number of rotatable bonds is 1. The Labute approximate surface area is 97.6 Å². The van der Waals surface area contributed by atoms with Crippen molar-refractivity contribution in [2.24, 2.45) is 23.7 Å². The van der Waals surface area contributed by atoms with Gasteiger partial charge in [-0.15, -0.1) is 0 Å². The van der Waals surface area contributed by atoms with E-state index in [4.69, 9.17) is 0 Å². The van der Waals surface area contributed by atoms with E-state index in [0.29, 0.717) is 6.04 Å². The van der Waals surface area contributed by atoms with Crippen molar-refractivity contribution in [2.75, 3.05) is 14.1 Å². The van der Waals surface area contributed by atoms with Crippen LogP contribution in [-0.4, -0.2) is 31.1 Å². The van der Waals surface area contributed by atoms with E-state index in [-0.39, 0.29) is 6.03 Å². The number of urea groups is 1. The molecule has 0 saturated heterocycles. The minimum Gasteiger partial charge on any atom is -0.335 e. The Balaban J connectivity index is 1.68. The minimum atomic E-state index is 0.0911. The van der Waals surface area contributed by atoms with Gasteiger partial charge in [-0.25, -0.2) is 4.79 Å². The summed E-state index contributed by atoms with van der Waals surface area (Å²) in [7, 11) is 3.64. The maximum Gasteiger partial charge on any atom is 0.317 e. The molecule has 3 heteroatoms. The highest BCUT2D eigenvalue weighted by Crippen LogP contribution is 2.58. The molecule has 5 atom stereocenters. The van der Waals surface area contributed by atoms with E-state index in [1.54, 1.807) is 4.90 Å². The maximum atomic E-state index is 11.7. The van der Waals surface area contributed by atoms with Crippen molar-refractivity contribution in [3.63, 3.8) is 0 Å². The Hall–Kier alpha value is -0.730. The summed E-state index contributed by atoms with van der Waals surface area (Å²) in [5, 5.41) is 3.22. The zero-order chi connectivity index (χ0) is 11.3. The number of hydrogen-bond donors (Lipinski definition) is 1. The zero-order valence-electron chi connectivity index (χ0n) is 10.3. The van der Waals surface area contributed by atoms with E-state index in [0.717, 1.165) is 23.7 Å². The molecule has 3 saturated carbocycles. The lowest BCUT2D eigenvalue weighted by atomic mass is 9.80. The third-order valence-corrected chi connectivity index (χ3v) is 5.15. The van der Waals surface area contributed by atoms with Gasteiger partial charge < -0.3 is 10.2 Å². The summed E-state index contributed by atoms with van der Waals surface area (Å²) in [4.78, 5) is 13.4. The molecule has 0 spiro atoms. The van der Waals surface area contributed by atoms with Crippen LogP contribution in [0.2, 0.25) is 0 Å². The second-order valence-electron chi connectivity index (χ2n) is 6.10. The molecule has 3 nitrogen and oxygen atoms in total. The van der Waals surface area contributed by atoms with E-state index >= 15 is 0 Å². The van der Waals surface area contributed by atoms with Crippen molar-refractivity contribution in [3.05, 3.63) is 0 Å². The molecule has 3 fully saturated rings. The third kappa shape index (κ3) is 1.44. The Morgan fingerprint density at radius 2 is 1.88 bits per heavy atom. The molecule has 0 radical (unpaired) electrons. The first-order valence-electron chi connectivity index (χ1n) is 6.64. The van der Waals surface area contributed by atoms with Gasteiger partial charge in [-0.2, -0.15) is 0 Å². The predicted molar refractivity (Wildman–Crippen MR) is 63.1 cm³/mol. The van der Waals surface area contributed by atoms with Crippen molar-refractivity contribution >= 4 is 6.03 Å². The average molecular weight is 222 g/mol. The van der Waals surface area contributed by atoms with Crippen molar-refractivity contribution in [3.8, 4) is 0 Å². The van der Waals surface area contributed by atoms with Crippen molar-refractivity contribution in [2.45, 2.75) is 38.1 Å². The molecule has 3 aliphatic carbocycles. The molecule has 90 valence electrons. The number of nitrogens with one attached hydrogen (secondary N) is 1. The number of fused-ring (bicyclic) bond motifs is 5. The lowest BCUT2D eigenvalue weighted by molar-refractivity contribution is 0.194. The fourth-order valence-corrected chi connectivity index (χ4v) is 4.53. The summed E-state index contributed by atoms with van der Waals surface area (Å²) in [6.07, 6.45) is 6.89. The van der Waals surface area contributed by atoms with Crippen LogP contribution in [0.1, 0.15) is 32.1 Å². The summed E-state index contributed by atoms with van der Waals surface area (Å²) in [6, 6.07) is 0.559. The van der Waals surface area contributed by atoms with Gasteiger partial charge >= 0.3 is 6.03 Å². The third-order valence-electron chi connectivity index (χ3n) is 5.15. The molecule has 0 aromatic heterocycles. The fourth-order valence-electron chi connectivity index (χ4n) is 4.53. The zero-order valence-corrected chi connectivity index (χ0v) is 10.3. The number of hydrogen-bond acceptors (Lipinski definition) is 1. The number of amides is 2. The number of carbonyl (C=O) groups is 1.